The molecule has 0 unspecified atom stereocenters. The Balaban J connectivity index is 2.04. The van der Waals surface area contributed by atoms with Crippen LogP contribution in [0.25, 0.3) is 0 Å². The first kappa shape index (κ1) is 13.5. The average Bonchev–Trinajstić information content (AvgIpc) is 2.43. The summed E-state index contributed by atoms with van der Waals surface area (Å²) in [5.41, 5.74) is 3.11. The fourth-order valence-electron chi connectivity index (χ4n) is 1.59. The van der Waals surface area contributed by atoms with Crippen molar-refractivity contribution in [2.45, 2.75) is 16.7 Å². The third kappa shape index (κ3) is 4.04. The van der Waals surface area contributed by atoms with Gasteiger partial charge in [0, 0.05) is 21.2 Å². The number of anilines is 1. The van der Waals surface area contributed by atoms with E-state index in [2.05, 4.69) is 61.8 Å². The summed E-state index contributed by atoms with van der Waals surface area (Å²) in [5.74, 6) is 0. The van der Waals surface area contributed by atoms with Crippen LogP contribution in [0.1, 0.15) is 5.56 Å². The maximum absolute atomic E-state index is 3.83. The lowest BCUT2D eigenvalue weighted by molar-refractivity contribution is 1.36. The van der Waals surface area contributed by atoms with Gasteiger partial charge >= 0.3 is 0 Å². The minimum absolute atomic E-state index is 0.805. The van der Waals surface area contributed by atoms with Gasteiger partial charge in [-0.2, -0.15) is 0 Å². The van der Waals surface area contributed by atoms with Gasteiger partial charge in [-0.05, 0) is 49.4 Å². The van der Waals surface area contributed by atoms with E-state index >= 15 is 0 Å². The zero-order valence-corrected chi connectivity index (χ0v) is 11.8. The van der Waals surface area contributed by atoms with Gasteiger partial charge in [-0.15, -0.1) is 0 Å². The second-order valence-electron chi connectivity index (χ2n) is 4.29. The lowest BCUT2D eigenvalue weighted by Crippen LogP contribution is -1.93. The Morgan fingerprint density at radius 3 is 2.05 bits per heavy atom. The van der Waals surface area contributed by atoms with Crippen molar-refractivity contribution >= 4 is 17.4 Å². The SMILES string of the molecule is C=CC(=C)Nc1ccc(Sc2ccc(C)cc2)cc1. The molecule has 0 atom stereocenters. The summed E-state index contributed by atoms with van der Waals surface area (Å²) in [6.45, 7) is 9.60. The molecule has 0 heterocycles. The normalized spacial score (nSPS) is 9.95. The number of benzene rings is 2. The lowest BCUT2D eigenvalue weighted by Gasteiger charge is -2.07. The summed E-state index contributed by atoms with van der Waals surface area (Å²) in [6.07, 6.45) is 1.70. The van der Waals surface area contributed by atoms with Crippen LogP contribution in [-0.4, -0.2) is 0 Å². The molecular weight excluding hydrogens is 250 g/mol. The minimum Gasteiger partial charge on any atom is -0.356 e. The van der Waals surface area contributed by atoms with Gasteiger partial charge in [-0.3, -0.25) is 0 Å². The molecule has 0 saturated carbocycles. The molecule has 2 aromatic rings. The first-order valence-corrected chi connectivity index (χ1v) is 6.92. The van der Waals surface area contributed by atoms with E-state index in [9.17, 15) is 0 Å². The van der Waals surface area contributed by atoms with E-state index in [1.54, 1.807) is 17.8 Å². The van der Waals surface area contributed by atoms with Gasteiger partial charge in [0.25, 0.3) is 0 Å². The molecule has 0 bridgehead atoms. The van der Waals surface area contributed by atoms with Crippen molar-refractivity contribution in [2.75, 3.05) is 5.32 Å². The summed E-state index contributed by atoms with van der Waals surface area (Å²) < 4.78 is 0. The molecule has 19 heavy (non-hydrogen) atoms. The van der Waals surface area contributed by atoms with Crippen molar-refractivity contribution in [1.29, 1.82) is 0 Å². The summed E-state index contributed by atoms with van der Waals surface area (Å²) in [5, 5.41) is 3.17. The predicted octanol–water partition coefficient (Wildman–Crippen LogP) is 5.26. The largest absolute Gasteiger partial charge is 0.356 e. The van der Waals surface area contributed by atoms with Crippen LogP contribution in [0.15, 0.2) is 83.3 Å². The zero-order valence-electron chi connectivity index (χ0n) is 11.0. The van der Waals surface area contributed by atoms with Crippen LogP contribution in [-0.2, 0) is 0 Å². The number of aryl methyl sites for hydroxylation is 1. The molecular formula is C17H17NS. The van der Waals surface area contributed by atoms with Gasteiger partial charge in [0.15, 0.2) is 0 Å². The highest BCUT2D eigenvalue weighted by Gasteiger charge is 1.98. The van der Waals surface area contributed by atoms with Crippen molar-refractivity contribution in [3.05, 3.63) is 79.0 Å². The van der Waals surface area contributed by atoms with Gasteiger partial charge < -0.3 is 5.32 Å². The van der Waals surface area contributed by atoms with E-state index in [4.69, 9.17) is 0 Å². The van der Waals surface area contributed by atoms with E-state index < -0.39 is 0 Å². The molecule has 96 valence electrons. The quantitative estimate of drug-likeness (QED) is 0.742. The van der Waals surface area contributed by atoms with Crippen molar-refractivity contribution in [3.8, 4) is 0 Å². The Morgan fingerprint density at radius 2 is 1.53 bits per heavy atom. The molecule has 0 aliphatic rings. The maximum atomic E-state index is 3.83. The van der Waals surface area contributed by atoms with Crippen LogP contribution in [0, 0.1) is 6.92 Å². The summed E-state index contributed by atoms with van der Waals surface area (Å²) >= 11 is 1.76. The molecule has 0 spiro atoms. The number of hydrogen-bond acceptors (Lipinski definition) is 2. The Bertz CT molecular complexity index is 567. The third-order valence-electron chi connectivity index (χ3n) is 2.66. The smallest absolute Gasteiger partial charge is 0.0384 e. The van der Waals surface area contributed by atoms with E-state index in [0.717, 1.165) is 11.4 Å². The molecule has 1 N–H and O–H groups in total. The number of nitrogens with one attached hydrogen (secondary N) is 1. The Labute approximate surface area is 119 Å². The second kappa shape index (κ2) is 6.30. The standard InChI is InChI=1S/C17H17NS/c1-4-14(3)18-15-7-11-17(12-8-15)19-16-9-5-13(2)6-10-16/h4-12,18H,1,3H2,2H3. The van der Waals surface area contributed by atoms with Crippen LogP contribution in [0.5, 0.6) is 0 Å². The molecule has 0 fully saturated rings. The Morgan fingerprint density at radius 1 is 1.00 bits per heavy atom. The molecule has 0 radical (unpaired) electrons. The highest BCUT2D eigenvalue weighted by atomic mass is 32.2. The van der Waals surface area contributed by atoms with Crippen LogP contribution in [0.2, 0.25) is 0 Å². The third-order valence-corrected chi connectivity index (χ3v) is 3.68. The topological polar surface area (TPSA) is 12.0 Å². The zero-order chi connectivity index (χ0) is 13.7. The van der Waals surface area contributed by atoms with Crippen LogP contribution < -0.4 is 5.32 Å². The van der Waals surface area contributed by atoms with Gasteiger partial charge in [0.2, 0.25) is 0 Å². The molecule has 2 heteroatoms. The molecule has 1 nitrogen and oxygen atoms in total. The predicted molar refractivity (Wildman–Crippen MR) is 84.7 cm³/mol. The highest BCUT2D eigenvalue weighted by molar-refractivity contribution is 7.99. The first-order valence-electron chi connectivity index (χ1n) is 6.10. The Kier molecular flexibility index (Phi) is 4.48. The van der Waals surface area contributed by atoms with E-state index in [1.165, 1.54) is 15.4 Å². The van der Waals surface area contributed by atoms with Gasteiger partial charge in [-0.25, -0.2) is 0 Å². The molecule has 0 saturated heterocycles. The molecule has 2 aromatic carbocycles. The highest BCUT2D eigenvalue weighted by Crippen LogP contribution is 2.28. The molecule has 0 aliphatic heterocycles. The maximum Gasteiger partial charge on any atom is 0.0384 e. The van der Waals surface area contributed by atoms with Gasteiger partial charge in [-0.1, -0.05) is 42.6 Å². The molecule has 0 aromatic heterocycles. The van der Waals surface area contributed by atoms with E-state index in [0.29, 0.717) is 0 Å². The lowest BCUT2D eigenvalue weighted by atomic mass is 10.2. The minimum atomic E-state index is 0.805. The summed E-state index contributed by atoms with van der Waals surface area (Å²) in [7, 11) is 0. The van der Waals surface area contributed by atoms with Crippen molar-refractivity contribution in [1.82, 2.24) is 0 Å². The van der Waals surface area contributed by atoms with Crippen molar-refractivity contribution in [2.24, 2.45) is 0 Å². The average molecular weight is 267 g/mol. The van der Waals surface area contributed by atoms with Crippen molar-refractivity contribution < 1.29 is 0 Å². The van der Waals surface area contributed by atoms with Crippen LogP contribution in [0.3, 0.4) is 0 Å². The van der Waals surface area contributed by atoms with E-state index in [1.807, 2.05) is 12.1 Å². The number of rotatable bonds is 5. The van der Waals surface area contributed by atoms with Crippen molar-refractivity contribution in [3.63, 3.8) is 0 Å². The van der Waals surface area contributed by atoms with E-state index in [-0.39, 0.29) is 0 Å². The Hall–Kier alpha value is -1.93. The molecule has 0 amide bonds. The number of allylic oxidation sites excluding steroid dienone is 1. The monoisotopic (exact) mass is 267 g/mol. The fourth-order valence-corrected chi connectivity index (χ4v) is 2.40. The summed E-state index contributed by atoms with van der Waals surface area (Å²) in [4.78, 5) is 2.47. The molecule has 2 rings (SSSR count). The van der Waals surface area contributed by atoms with Gasteiger partial charge in [0.05, 0.1) is 0 Å². The second-order valence-corrected chi connectivity index (χ2v) is 5.44. The van der Waals surface area contributed by atoms with Gasteiger partial charge in [0.1, 0.15) is 0 Å². The van der Waals surface area contributed by atoms with Crippen LogP contribution in [0.4, 0.5) is 5.69 Å². The summed E-state index contributed by atoms with van der Waals surface area (Å²) in [6, 6.07) is 16.8. The fraction of sp³-hybridized carbons (Fsp3) is 0.0588. The molecule has 0 aliphatic carbocycles. The number of hydrogen-bond donors (Lipinski definition) is 1. The first-order chi connectivity index (χ1) is 9.17. The van der Waals surface area contributed by atoms with Crippen LogP contribution >= 0.6 is 11.8 Å².